The summed E-state index contributed by atoms with van der Waals surface area (Å²) in [5.74, 6) is -1.48. The third kappa shape index (κ3) is 2.94. The smallest absolute Gasteiger partial charge is 0.336 e. The first-order chi connectivity index (χ1) is 8.83. The first-order valence-corrected chi connectivity index (χ1v) is 6.65. The molecule has 6 heteroatoms. The number of hydrogen-bond donors (Lipinski definition) is 2. The monoisotopic (exact) mass is 329 g/mol. The van der Waals surface area contributed by atoms with Gasteiger partial charge in [0.25, 0.3) is 5.91 Å². The molecule has 102 valence electrons. The van der Waals surface area contributed by atoms with Crippen LogP contribution in [-0.4, -0.2) is 28.7 Å². The maximum absolute atomic E-state index is 13.7. The first kappa shape index (κ1) is 14.0. The minimum atomic E-state index is -1.28. The van der Waals surface area contributed by atoms with Crippen molar-refractivity contribution in [1.82, 2.24) is 5.32 Å². The maximum Gasteiger partial charge on any atom is 0.336 e. The molecule has 1 unspecified atom stereocenters. The second-order valence-corrected chi connectivity index (χ2v) is 5.58. The number of halogens is 2. The average Bonchev–Trinajstić information content (AvgIpc) is 3.08. The lowest BCUT2D eigenvalue weighted by Gasteiger charge is -2.17. The summed E-state index contributed by atoms with van der Waals surface area (Å²) in [6.45, 7) is 1.63. The quantitative estimate of drug-likeness (QED) is 0.892. The number of nitrogens with one attached hydrogen (secondary N) is 1. The topological polar surface area (TPSA) is 66.4 Å². The van der Waals surface area contributed by atoms with E-state index in [2.05, 4.69) is 21.2 Å². The van der Waals surface area contributed by atoms with Crippen molar-refractivity contribution in [2.24, 2.45) is 0 Å². The second kappa shape index (κ2) is 4.92. The van der Waals surface area contributed by atoms with Crippen molar-refractivity contribution in [2.45, 2.75) is 31.5 Å². The third-order valence-electron chi connectivity index (χ3n) is 3.31. The lowest BCUT2D eigenvalue weighted by Crippen LogP contribution is -2.40. The fourth-order valence-corrected chi connectivity index (χ4v) is 2.34. The highest BCUT2D eigenvalue weighted by atomic mass is 79.9. The molecule has 4 nitrogen and oxygen atoms in total. The molecule has 0 heterocycles. The van der Waals surface area contributed by atoms with Gasteiger partial charge >= 0.3 is 5.97 Å². The van der Waals surface area contributed by atoms with Crippen molar-refractivity contribution in [3.8, 4) is 0 Å². The molecule has 0 radical (unpaired) electrons. The Morgan fingerprint density at radius 1 is 1.47 bits per heavy atom. The van der Waals surface area contributed by atoms with E-state index in [9.17, 15) is 14.0 Å². The Bertz CT molecular complexity index is 543. The number of hydrogen-bond acceptors (Lipinski definition) is 2. The number of benzene rings is 1. The summed E-state index contributed by atoms with van der Waals surface area (Å²) in [6, 6.07) is 3.63. The lowest BCUT2D eigenvalue weighted by atomic mass is 10.1. The second-order valence-electron chi connectivity index (χ2n) is 4.73. The van der Waals surface area contributed by atoms with Gasteiger partial charge in [-0.2, -0.15) is 0 Å². The minimum absolute atomic E-state index is 0.0775. The van der Waals surface area contributed by atoms with E-state index in [1.807, 2.05) is 0 Å². The Morgan fingerprint density at radius 3 is 2.58 bits per heavy atom. The molecule has 0 aromatic heterocycles. The zero-order valence-electron chi connectivity index (χ0n) is 10.2. The highest BCUT2D eigenvalue weighted by molar-refractivity contribution is 9.10. The van der Waals surface area contributed by atoms with Gasteiger partial charge in [-0.25, -0.2) is 9.18 Å². The van der Waals surface area contributed by atoms with E-state index in [-0.39, 0.29) is 5.56 Å². The number of amides is 1. The van der Waals surface area contributed by atoms with Crippen molar-refractivity contribution in [1.29, 1.82) is 0 Å². The average molecular weight is 330 g/mol. The standard InChI is InChI=1S/C13H13BrFNO3/c1-7(13(15)4-5-13)16-11(17)8-2-3-9(12(18)19)10(14)6-8/h2-3,6-7H,4-5H2,1H3,(H,16,17)(H,18,19). The van der Waals surface area contributed by atoms with Crippen LogP contribution in [0.25, 0.3) is 0 Å². The Morgan fingerprint density at radius 2 is 2.11 bits per heavy atom. The Kier molecular flexibility index (Phi) is 3.62. The minimum Gasteiger partial charge on any atom is -0.478 e. The summed E-state index contributed by atoms with van der Waals surface area (Å²) in [6.07, 6.45) is 0.937. The van der Waals surface area contributed by atoms with Gasteiger partial charge in [0.1, 0.15) is 5.67 Å². The van der Waals surface area contributed by atoms with E-state index < -0.39 is 23.6 Å². The molecule has 0 saturated heterocycles. The number of carboxylic acids is 1. The molecular weight excluding hydrogens is 317 g/mol. The largest absolute Gasteiger partial charge is 0.478 e. The number of carbonyl (C=O) groups is 2. The molecule has 2 rings (SSSR count). The molecule has 0 aliphatic heterocycles. The van der Waals surface area contributed by atoms with Gasteiger partial charge in [-0.1, -0.05) is 0 Å². The number of rotatable bonds is 4. The van der Waals surface area contributed by atoms with E-state index in [0.29, 0.717) is 22.9 Å². The van der Waals surface area contributed by atoms with Gasteiger partial charge in [0.05, 0.1) is 11.6 Å². The number of carboxylic acid groups (broad SMARTS) is 1. The summed E-state index contributed by atoms with van der Waals surface area (Å²) in [5, 5.41) is 11.5. The van der Waals surface area contributed by atoms with Crippen LogP contribution >= 0.6 is 15.9 Å². The van der Waals surface area contributed by atoms with E-state index in [0.717, 1.165) is 0 Å². The molecule has 19 heavy (non-hydrogen) atoms. The fourth-order valence-electron chi connectivity index (χ4n) is 1.79. The van der Waals surface area contributed by atoms with Crippen LogP contribution in [0.2, 0.25) is 0 Å². The Labute approximate surface area is 118 Å². The van der Waals surface area contributed by atoms with E-state index in [4.69, 9.17) is 5.11 Å². The SMILES string of the molecule is CC(NC(=O)c1ccc(C(=O)O)c(Br)c1)C1(F)CC1. The van der Waals surface area contributed by atoms with Gasteiger partial charge in [0.2, 0.25) is 0 Å². The van der Waals surface area contributed by atoms with Gasteiger partial charge in [0, 0.05) is 10.0 Å². The van der Waals surface area contributed by atoms with Crippen LogP contribution in [0.3, 0.4) is 0 Å². The van der Waals surface area contributed by atoms with Crippen molar-refractivity contribution >= 4 is 27.8 Å². The van der Waals surface area contributed by atoms with Crippen molar-refractivity contribution in [3.63, 3.8) is 0 Å². The molecule has 1 atom stereocenters. The number of carbonyl (C=O) groups excluding carboxylic acids is 1. The Balaban J connectivity index is 2.11. The fraction of sp³-hybridized carbons (Fsp3) is 0.385. The molecule has 0 bridgehead atoms. The summed E-state index contributed by atoms with van der Waals surface area (Å²) in [4.78, 5) is 22.8. The van der Waals surface area contributed by atoms with Gasteiger partial charge < -0.3 is 10.4 Å². The molecule has 1 fully saturated rings. The highest BCUT2D eigenvalue weighted by Gasteiger charge is 2.48. The molecule has 0 spiro atoms. The predicted octanol–water partition coefficient (Wildman–Crippen LogP) is 2.77. The molecule has 1 aromatic rings. The summed E-state index contributed by atoms with van der Waals surface area (Å²) >= 11 is 3.10. The molecule has 1 amide bonds. The summed E-state index contributed by atoms with van der Waals surface area (Å²) < 4.78 is 14.0. The van der Waals surface area contributed by atoms with Crippen molar-refractivity contribution < 1.29 is 19.1 Å². The number of alkyl halides is 1. The van der Waals surface area contributed by atoms with E-state index in [1.165, 1.54) is 18.2 Å². The van der Waals surface area contributed by atoms with E-state index >= 15 is 0 Å². The Hall–Kier alpha value is -1.43. The molecule has 2 N–H and O–H groups in total. The third-order valence-corrected chi connectivity index (χ3v) is 3.97. The predicted molar refractivity (Wildman–Crippen MR) is 71.1 cm³/mol. The molecule has 1 aromatic carbocycles. The molecule has 1 saturated carbocycles. The van der Waals surface area contributed by atoms with Crippen LogP contribution in [0.4, 0.5) is 4.39 Å². The van der Waals surface area contributed by atoms with Gasteiger partial charge in [-0.3, -0.25) is 4.79 Å². The summed E-state index contributed by atoms with van der Waals surface area (Å²) in [5.41, 5.74) is -0.907. The molecule has 1 aliphatic carbocycles. The zero-order chi connectivity index (χ0) is 14.2. The van der Waals surface area contributed by atoms with Crippen LogP contribution in [-0.2, 0) is 0 Å². The molecular formula is C13H13BrFNO3. The van der Waals surface area contributed by atoms with Crippen molar-refractivity contribution in [2.75, 3.05) is 0 Å². The number of aromatic carboxylic acids is 1. The molecule has 1 aliphatic rings. The maximum atomic E-state index is 13.7. The first-order valence-electron chi connectivity index (χ1n) is 5.86. The van der Waals surface area contributed by atoms with Crippen LogP contribution in [0, 0.1) is 0 Å². The van der Waals surface area contributed by atoms with Gasteiger partial charge in [-0.05, 0) is 53.9 Å². The summed E-state index contributed by atoms with van der Waals surface area (Å²) in [7, 11) is 0. The van der Waals surface area contributed by atoms with Gasteiger partial charge in [0.15, 0.2) is 0 Å². The zero-order valence-corrected chi connectivity index (χ0v) is 11.8. The van der Waals surface area contributed by atoms with Crippen LogP contribution in [0.15, 0.2) is 22.7 Å². The van der Waals surface area contributed by atoms with Crippen molar-refractivity contribution in [3.05, 3.63) is 33.8 Å². The lowest BCUT2D eigenvalue weighted by molar-refractivity contribution is 0.0695. The normalized spacial score (nSPS) is 17.6. The van der Waals surface area contributed by atoms with Gasteiger partial charge in [-0.15, -0.1) is 0 Å². The van der Waals surface area contributed by atoms with Crippen LogP contribution in [0.1, 0.15) is 40.5 Å². The highest BCUT2D eigenvalue weighted by Crippen LogP contribution is 2.42. The van der Waals surface area contributed by atoms with E-state index in [1.54, 1.807) is 6.92 Å². The van der Waals surface area contributed by atoms with Crippen LogP contribution < -0.4 is 5.32 Å². The van der Waals surface area contributed by atoms with Crippen LogP contribution in [0.5, 0.6) is 0 Å².